The van der Waals surface area contributed by atoms with E-state index in [1.165, 1.54) is 0 Å². The molecule has 2 aliphatic rings. The molecule has 1 aromatic heterocycles. The lowest BCUT2D eigenvalue weighted by molar-refractivity contribution is -0.122. The number of amides is 3. The fourth-order valence-electron chi connectivity index (χ4n) is 4.74. The van der Waals surface area contributed by atoms with Gasteiger partial charge in [0.15, 0.2) is 5.54 Å². The van der Waals surface area contributed by atoms with E-state index in [2.05, 4.69) is 10.6 Å². The summed E-state index contributed by atoms with van der Waals surface area (Å²) in [6.45, 7) is 0.302. The lowest BCUT2D eigenvalue weighted by atomic mass is 9.82. The molecule has 0 aliphatic carbocycles. The maximum absolute atomic E-state index is 14.0. The zero-order valence-electron chi connectivity index (χ0n) is 16.8. The Hall–Kier alpha value is -4.39. The summed E-state index contributed by atoms with van der Waals surface area (Å²) >= 11 is 0. The average Bonchev–Trinajstić information content (AvgIpc) is 3.02. The molecule has 1 spiro atoms. The lowest BCUT2D eigenvalue weighted by Crippen LogP contribution is -2.59. The third-order valence-corrected chi connectivity index (χ3v) is 6.08. The summed E-state index contributed by atoms with van der Waals surface area (Å²) in [5, 5.41) is 6.06. The van der Waals surface area contributed by atoms with Gasteiger partial charge in [-0.05, 0) is 23.8 Å². The van der Waals surface area contributed by atoms with Crippen molar-refractivity contribution in [3.63, 3.8) is 0 Å². The van der Waals surface area contributed by atoms with E-state index in [4.69, 9.17) is 4.42 Å². The van der Waals surface area contributed by atoms with E-state index >= 15 is 0 Å². The summed E-state index contributed by atoms with van der Waals surface area (Å²) in [5.74, 6) is -0.402. The van der Waals surface area contributed by atoms with Crippen molar-refractivity contribution >= 4 is 34.3 Å². The number of hydrogen-bond donors (Lipinski definition) is 2. The van der Waals surface area contributed by atoms with Crippen molar-refractivity contribution in [1.29, 1.82) is 0 Å². The van der Waals surface area contributed by atoms with Crippen LogP contribution in [0.3, 0.4) is 0 Å². The van der Waals surface area contributed by atoms with E-state index in [-0.39, 0.29) is 5.56 Å². The van der Waals surface area contributed by atoms with Crippen LogP contribution in [0.25, 0.3) is 11.0 Å². The summed E-state index contributed by atoms with van der Waals surface area (Å²) in [6, 6.07) is 23.2. The highest BCUT2D eigenvalue weighted by Crippen LogP contribution is 2.48. The molecule has 1 unspecified atom stereocenters. The first-order valence-corrected chi connectivity index (χ1v) is 10.2. The van der Waals surface area contributed by atoms with Crippen molar-refractivity contribution in [3.05, 3.63) is 106 Å². The van der Waals surface area contributed by atoms with Crippen molar-refractivity contribution in [2.45, 2.75) is 12.1 Å². The van der Waals surface area contributed by atoms with Gasteiger partial charge in [-0.25, -0.2) is 9.59 Å². The minimum Gasteiger partial charge on any atom is -0.422 e. The molecule has 7 nitrogen and oxygen atoms in total. The molecule has 2 N–H and O–H groups in total. The van der Waals surface area contributed by atoms with Gasteiger partial charge in [-0.3, -0.25) is 4.79 Å². The monoisotopic (exact) mass is 423 g/mol. The quantitative estimate of drug-likeness (QED) is 0.481. The molecule has 3 amide bonds. The molecule has 0 bridgehead atoms. The Morgan fingerprint density at radius 2 is 1.56 bits per heavy atom. The molecule has 7 heteroatoms. The molecule has 3 heterocycles. The number of rotatable bonds is 2. The molecule has 0 saturated heterocycles. The number of carbonyl (C=O) groups excluding carboxylic acids is 2. The molecule has 3 aromatic carbocycles. The molecule has 6 rings (SSSR count). The van der Waals surface area contributed by atoms with Crippen LogP contribution in [-0.4, -0.2) is 11.9 Å². The highest BCUT2D eigenvalue weighted by atomic mass is 16.4. The standard InChI is InChI=1S/C25H17N3O4/c29-22-20-21(16-10-4-7-13-19(16)32-22)26-24(31)27-25(20)17-11-5-6-12-18(17)28(23(25)30)14-15-8-2-1-3-9-15/h1-13H,14H2,(H2,26,27,31). The predicted octanol–water partition coefficient (Wildman–Crippen LogP) is 3.72. The highest BCUT2D eigenvalue weighted by molar-refractivity contribution is 6.17. The lowest BCUT2D eigenvalue weighted by Gasteiger charge is -2.35. The first-order chi connectivity index (χ1) is 15.6. The van der Waals surface area contributed by atoms with Gasteiger partial charge in [0.2, 0.25) is 0 Å². The number of hydrogen-bond acceptors (Lipinski definition) is 4. The van der Waals surface area contributed by atoms with Gasteiger partial charge in [0.25, 0.3) is 5.91 Å². The van der Waals surface area contributed by atoms with Gasteiger partial charge in [-0.15, -0.1) is 0 Å². The number of fused-ring (bicyclic) bond motifs is 6. The minimum absolute atomic E-state index is 0.0869. The fraction of sp³-hybridized carbons (Fsp3) is 0.0800. The second kappa shape index (κ2) is 6.55. The van der Waals surface area contributed by atoms with Gasteiger partial charge in [-0.1, -0.05) is 60.7 Å². The Bertz CT molecular complexity index is 1480. The van der Waals surface area contributed by atoms with Crippen LogP contribution >= 0.6 is 0 Å². The third-order valence-electron chi connectivity index (χ3n) is 6.08. The summed E-state index contributed by atoms with van der Waals surface area (Å²) in [5.41, 5.74) is 0.493. The zero-order valence-corrected chi connectivity index (χ0v) is 16.8. The third kappa shape index (κ3) is 2.39. The van der Waals surface area contributed by atoms with Crippen LogP contribution in [0, 0.1) is 0 Å². The largest absolute Gasteiger partial charge is 0.422 e. The Morgan fingerprint density at radius 1 is 0.844 bits per heavy atom. The maximum atomic E-state index is 14.0. The number of benzene rings is 3. The molecular formula is C25H17N3O4. The van der Waals surface area contributed by atoms with E-state index in [1.54, 1.807) is 41.3 Å². The van der Waals surface area contributed by atoms with Crippen molar-refractivity contribution < 1.29 is 14.0 Å². The molecular weight excluding hydrogens is 406 g/mol. The van der Waals surface area contributed by atoms with E-state index in [9.17, 15) is 14.4 Å². The van der Waals surface area contributed by atoms with Crippen molar-refractivity contribution in [2.75, 3.05) is 10.2 Å². The van der Waals surface area contributed by atoms with Gasteiger partial charge in [0.1, 0.15) is 11.1 Å². The van der Waals surface area contributed by atoms with Crippen molar-refractivity contribution in [3.8, 4) is 0 Å². The smallest absolute Gasteiger partial charge is 0.344 e. The van der Waals surface area contributed by atoms with Gasteiger partial charge < -0.3 is 20.0 Å². The number of anilines is 2. The molecule has 0 fully saturated rings. The number of nitrogens with zero attached hydrogens (tertiary/aromatic N) is 1. The summed E-state index contributed by atoms with van der Waals surface area (Å²) in [6.07, 6.45) is 0. The van der Waals surface area contributed by atoms with Crippen molar-refractivity contribution in [2.24, 2.45) is 0 Å². The Balaban J connectivity index is 1.64. The molecule has 0 radical (unpaired) electrons. The summed E-state index contributed by atoms with van der Waals surface area (Å²) in [7, 11) is 0. The van der Waals surface area contributed by atoms with Crippen LogP contribution in [0.2, 0.25) is 0 Å². The van der Waals surface area contributed by atoms with Gasteiger partial charge in [-0.2, -0.15) is 0 Å². The first-order valence-electron chi connectivity index (χ1n) is 10.2. The molecule has 156 valence electrons. The predicted molar refractivity (Wildman–Crippen MR) is 119 cm³/mol. The van der Waals surface area contributed by atoms with E-state index in [0.29, 0.717) is 34.5 Å². The van der Waals surface area contributed by atoms with Gasteiger partial charge >= 0.3 is 11.7 Å². The van der Waals surface area contributed by atoms with Crippen LogP contribution in [0.15, 0.2) is 88.1 Å². The van der Waals surface area contributed by atoms with Gasteiger partial charge in [0.05, 0.1) is 17.9 Å². The number of para-hydroxylation sites is 2. The molecule has 0 saturated carbocycles. The summed E-state index contributed by atoms with van der Waals surface area (Å²) in [4.78, 5) is 41.7. The molecule has 2 aliphatic heterocycles. The fourth-order valence-corrected chi connectivity index (χ4v) is 4.74. The van der Waals surface area contributed by atoms with E-state index < -0.39 is 23.1 Å². The maximum Gasteiger partial charge on any atom is 0.344 e. The second-order valence-corrected chi connectivity index (χ2v) is 7.86. The highest BCUT2D eigenvalue weighted by Gasteiger charge is 2.58. The first kappa shape index (κ1) is 18.4. The summed E-state index contributed by atoms with van der Waals surface area (Å²) < 4.78 is 5.58. The molecule has 1 atom stereocenters. The van der Waals surface area contributed by atoms with E-state index in [0.717, 1.165) is 5.56 Å². The number of nitrogens with one attached hydrogen (secondary N) is 2. The Labute approximate surface area is 182 Å². The molecule has 32 heavy (non-hydrogen) atoms. The van der Waals surface area contributed by atoms with Gasteiger partial charge in [0, 0.05) is 10.9 Å². The average molecular weight is 423 g/mol. The van der Waals surface area contributed by atoms with Crippen LogP contribution in [0.1, 0.15) is 16.7 Å². The topological polar surface area (TPSA) is 91.6 Å². The zero-order chi connectivity index (χ0) is 21.9. The Morgan fingerprint density at radius 3 is 2.41 bits per heavy atom. The van der Waals surface area contributed by atoms with Crippen molar-refractivity contribution in [1.82, 2.24) is 5.32 Å². The van der Waals surface area contributed by atoms with Crippen LogP contribution in [0.4, 0.5) is 16.2 Å². The minimum atomic E-state index is -1.67. The SMILES string of the molecule is O=C1Nc2c(c(=O)oc3ccccc23)C2(N1)C(=O)N(Cc1ccccc1)c1ccccc12. The number of urea groups is 1. The van der Waals surface area contributed by atoms with Crippen LogP contribution in [0.5, 0.6) is 0 Å². The normalized spacial score (nSPS) is 18.9. The molecule has 4 aromatic rings. The second-order valence-electron chi connectivity index (χ2n) is 7.86. The van der Waals surface area contributed by atoms with Crippen LogP contribution < -0.4 is 21.2 Å². The Kier molecular flexibility index (Phi) is 3.76. The van der Waals surface area contributed by atoms with E-state index in [1.807, 2.05) is 42.5 Å². The van der Waals surface area contributed by atoms with Crippen LogP contribution in [-0.2, 0) is 16.9 Å². The number of carbonyl (C=O) groups is 2.